The fraction of sp³-hybridized carbons (Fsp3) is 0. The van der Waals surface area contributed by atoms with Gasteiger partial charge in [-0.15, -0.1) is 11.3 Å². The van der Waals surface area contributed by atoms with Crippen LogP contribution in [0.3, 0.4) is 0 Å². The largest absolute Gasteiger partial charge is 0.456 e. The van der Waals surface area contributed by atoms with Gasteiger partial charge in [0, 0.05) is 30.9 Å². The quantitative estimate of drug-likeness (QED) is 0.167. The predicted octanol–water partition coefficient (Wildman–Crippen LogP) is 15.6. The smallest absolute Gasteiger partial charge is 0.136 e. The summed E-state index contributed by atoms with van der Waals surface area (Å²) in [5.41, 5.74) is 9.11. The van der Waals surface area contributed by atoms with Gasteiger partial charge in [0.2, 0.25) is 0 Å². The van der Waals surface area contributed by atoms with E-state index in [4.69, 9.17) is 4.42 Å². The second kappa shape index (κ2) is 11.4. The second-order valence-corrected chi connectivity index (χ2v) is 15.4. The lowest BCUT2D eigenvalue weighted by Gasteiger charge is -2.18. The third-order valence-electron chi connectivity index (χ3n) is 11.4. The summed E-state index contributed by atoms with van der Waals surface area (Å²) in [5.74, 6) is 0. The molecule has 0 aliphatic carbocycles. The lowest BCUT2D eigenvalue weighted by Crippen LogP contribution is -1.91. The van der Waals surface area contributed by atoms with Crippen molar-refractivity contribution in [2.45, 2.75) is 0 Å². The number of furan rings is 1. The minimum absolute atomic E-state index is 0.899. The fourth-order valence-electron chi connectivity index (χ4n) is 9.02. The lowest BCUT2D eigenvalue weighted by molar-refractivity contribution is 0.669. The van der Waals surface area contributed by atoms with Crippen LogP contribution in [0.4, 0.5) is 0 Å². The van der Waals surface area contributed by atoms with Gasteiger partial charge in [0.15, 0.2) is 0 Å². The van der Waals surface area contributed by atoms with Crippen LogP contribution in [-0.2, 0) is 0 Å². The molecular weight excluding hydrogens is 673 g/mol. The highest BCUT2D eigenvalue weighted by molar-refractivity contribution is 7.25. The van der Waals surface area contributed by atoms with Gasteiger partial charge in [-0.05, 0) is 119 Å². The molecular formula is C52H30OS. The Morgan fingerprint density at radius 1 is 0.296 bits per heavy atom. The first-order chi connectivity index (χ1) is 26.8. The van der Waals surface area contributed by atoms with E-state index in [1.807, 2.05) is 11.3 Å². The number of hydrogen-bond donors (Lipinski definition) is 0. The van der Waals surface area contributed by atoms with E-state index in [0.717, 1.165) is 33.1 Å². The normalized spacial score (nSPS) is 12.1. The Morgan fingerprint density at radius 2 is 0.852 bits per heavy atom. The number of hydrogen-bond acceptors (Lipinski definition) is 2. The molecule has 12 rings (SSSR count). The molecule has 0 spiro atoms. The zero-order valence-corrected chi connectivity index (χ0v) is 30.0. The highest BCUT2D eigenvalue weighted by Crippen LogP contribution is 2.46. The van der Waals surface area contributed by atoms with E-state index in [2.05, 4.69) is 182 Å². The summed E-state index contributed by atoms with van der Waals surface area (Å²) in [6.45, 7) is 0. The van der Waals surface area contributed by atoms with E-state index in [-0.39, 0.29) is 0 Å². The average Bonchev–Trinajstić information content (AvgIpc) is 3.78. The molecule has 0 atom stereocenters. The highest BCUT2D eigenvalue weighted by Gasteiger charge is 2.19. The van der Waals surface area contributed by atoms with Gasteiger partial charge in [0.25, 0.3) is 0 Å². The summed E-state index contributed by atoms with van der Waals surface area (Å²) in [7, 11) is 0. The molecule has 2 heteroatoms. The predicted molar refractivity (Wildman–Crippen MR) is 233 cm³/mol. The molecule has 0 aliphatic rings. The van der Waals surface area contributed by atoms with E-state index in [9.17, 15) is 0 Å². The zero-order valence-electron chi connectivity index (χ0n) is 29.1. The van der Waals surface area contributed by atoms with Gasteiger partial charge in [-0.1, -0.05) is 140 Å². The van der Waals surface area contributed by atoms with Crippen molar-refractivity contribution in [2.24, 2.45) is 0 Å². The molecule has 250 valence electrons. The number of thiophene rings is 1. The van der Waals surface area contributed by atoms with Crippen molar-refractivity contribution in [3.8, 4) is 33.4 Å². The van der Waals surface area contributed by atoms with Gasteiger partial charge < -0.3 is 4.42 Å². The van der Waals surface area contributed by atoms with E-state index in [0.29, 0.717) is 0 Å². The first-order valence-corrected chi connectivity index (χ1v) is 19.3. The molecule has 2 heterocycles. The summed E-state index contributed by atoms with van der Waals surface area (Å²) < 4.78 is 9.41. The topological polar surface area (TPSA) is 13.1 Å². The molecule has 0 unspecified atom stereocenters. The number of rotatable bonds is 3. The van der Waals surface area contributed by atoms with Crippen molar-refractivity contribution in [2.75, 3.05) is 0 Å². The van der Waals surface area contributed by atoms with E-state index < -0.39 is 0 Å². The molecule has 1 nitrogen and oxygen atoms in total. The van der Waals surface area contributed by atoms with Crippen LogP contribution in [0.2, 0.25) is 0 Å². The van der Waals surface area contributed by atoms with Gasteiger partial charge in [0.05, 0.1) is 0 Å². The molecule has 0 saturated carbocycles. The third kappa shape index (κ3) is 4.32. The van der Waals surface area contributed by atoms with E-state index in [1.54, 1.807) is 0 Å². The minimum atomic E-state index is 0.899. The van der Waals surface area contributed by atoms with Crippen molar-refractivity contribution in [1.82, 2.24) is 0 Å². The maximum Gasteiger partial charge on any atom is 0.136 e. The van der Waals surface area contributed by atoms with Gasteiger partial charge >= 0.3 is 0 Å². The van der Waals surface area contributed by atoms with E-state index in [1.165, 1.54) is 85.5 Å². The SMILES string of the molecule is c1cc(-c2ccc3c(c2)oc2cc(-c4c5ccccc5c(-c5cccc6ccccc56)c5ccccc45)ccc23)c2cc3sc4ccccc4c3cc2c1. The molecule has 0 N–H and O–H groups in total. The van der Waals surface area contributed by atoms with Crippen LogP contribution in [0.5, 0.6) is 0 Å². The maximum atomic E-state index is 6.77. The Balaban J connectivity index is 1.04. The molecule has 54 heavy (non-hydrogen) atoms. The van der Waals surface area contributed by atoms with Crippen molar-refractivity contribution >= 4 is 96.5 Å². The molecule has 12 aromatic rings. The van der Waals surface area contributed by atoms with Crippen molar-refractivity contribution in [1.29, 1.82) is 0 Å². The highest BCUT2D eigenvalue weighted by atomic mass is 32.1. The summed E-state index contributed by atoms with van der Waals surface area (Å²) in [6.07, 6.45) is 0. The standard InChI is InChI=1S/C52H30OS/c1-2-14-35-31(11-1)12-9-21-40(35)52-43-18-5-3-16-41(43)51(42-17-4-6-19-44(42)52)34-24-26-38-37-25-23-33(28-47(37)53-48(38)29-34)36-20-10-13-32-27-46-39-15-7-8-22-49(39)54-50(46)30-45(32)36/h1-30H. The van der Waals surface area contributed by atoms with Crippen molar-refractivity contribution < 1.29 is 4.42 Å². The third-order valence-corrected chi connectivity index (χ3v) is 12.6. The van der Waals surface area contributed by atoms with Crippen LogP contribution in [0.1, 0.15) is 0 Å². The van der Waals surface area contributed by atoms with Crippen LogP contribution >= 0.6 is 11.3 Å². The summed E-state index contributed by atoms with van der Waals surface area (Å²) in [6, 6.07) is 66.7. The summed E-state index contributed by atoms with van der Waals surface area (Å²) in [5, 5.41) is 14.9. The fourth-order valence-corrected chi connectivity index (χ4v) is 10.1. The van der Waals surface area contributed by atoms with Crippen LogP contribution in [0.25, 0.3) is 119 Å². The van der Waals surface area contributed by atoms with Gasteiger partial charge in [-0.3, -0.25) is 0 Å². The Morgan fingerprint density at radius 3 is 1.59 bits per heavy atom. The molecule has 2 aromatic heterocycles. The Bertz CT molecular complexity index is 3450. The van der Waals surface area contributed by atoms with Crippen LogP contribution in [0, 0.1) is 0 Å². The van der Waals surface area contributed by atoms with Crippen LogP contribution < -0.4 is 0 Å². The van der Waals surface area contributed by atoms with Gasteiger partial charge in [-0.25, -0.2) is 0 Å². The second-order valence-electron chi connectivity index (χ2n) is 14.4. The minimum Gasteiger partial charge on any atom is -0.456 e. The summed E-state index contributed by atoms with van der Waals surface area (Å²) in [4.78, 5) is 0. The lowest BCUT2D eigenvalue weighted by atomic mass is 9.84. The molecule has 0 saturated heterocycles. The van der Waals surface area contributed by atoms with Crippen LogP contribution in [-0.4, -0.2) is 0 Å². The van der Waals surface area contributed by atoms with Crippen molar-refractivity contribution in [3.63, 3.8) is 0 Å². The van der Waals surface area contributed by atoms with Gasteiger partial charge in [0.1, 0.15) is 11.2 Å². The van der Waals surface area contributed by atoms with Gasteiger partial charge in [-0.2, -0.15) is 0 Å². The zero-order chi connectivity index (χ0) is 35.3. The van der Waals surface area contributed by atoms with E-state index >= 15 is 0 Å². The molecule has 10 aromatic carbocycles. The van der Waals surface area contributed by atoms with Crippen LogP contribution in [0.15, 0.2) is 186 Å². The Kier molecular flexibility index (Phi) is 6.28. The number of benzene rings is 10. The Labute approximate surface area is 314 Å². The van der Waals surface area contributed by atoms with Crippen molar-refractivity contribution in [3.05, 3.63) is 182 Å². The molecule has 0 aliphatic heterocycles. The molecule has 0 bridgehead atoms. The molecule has 0 fully saturated rings. The first-order valence-electron chi connectivity index (χ1n) is 18.5. The first kappa shape index (κ1) is 29.8. The maximum absolute atomic E-state index is 6.77. The summed E-state index contributed by atoms with van der Waals surface area (Å²) >= 11 is 1.87. The average molecular weight is 703 g/mol. The molecule has 0 radical (unpaired) electrons. The Hall–Kier alpha value is -6.74. The monoisotopic (exact) mass is 702 g/mol. The number of fused-ring (bicyclic) bond motifs is 10. The molecule has 0 amide bonds.